The fourth-order valence-corrected chi connectivity index (χ4v) is 3.54. The molecule has 0 aromatic rings. The van der Waals surface area contributed by atoms with Crippen LogP contribution < -0.4 is 5.73 Å². The third kappa shape index (κ3) is 2.13. The molecule has 1 rings (SSSR count). The van der Waals surface area contributed by atoms with E-state index in [2.05, 4.69) is 34.6 Å². The van der Waals surface area contributed by atoms with Gasteiger partial charge in [0.25, 0.3) is 0 Å². The fourth-order valence-electron chi connectivity index (χ4n) is 3.54. The highest BCUT2D eigenvalue weighted by molar-refractivity contribution is 5.09. The van der Waals surface area contributed by atoms with Gasteiger partial charge in [-0.1, -0.05) is 6.92 Å². The van der Waals surface area contributed by atoms with Crippen LogP contribution in [-0.4, -0.2) is 29.0 Å². The summed E-state index contributed by atoms with van der Waals surface area (Å²) >= 11 is 0. The van der Waals surface area contributed by atoms with Crippen molar-refractivity contribution in [1.29, 1.82) is 0 Å². The quantitative estimate of drug-likeness (QED) is 0.776. The molecule has 0 aromatic carbocycles. The van der Waals surface area contributed by atoms with Gasteiger partial charge in [-0.25, -0.2) is 0 Å². The minimum atomic E-state index is -0.269. The normalized spacial score (nSPS) is 33.9. The van der Waals surface area contributed by atoms with E-state index in [0.717, 1.165) is 19.3 Å². The third-order valence-corrected chi connectivity index (χ3v) is 4.18. The smallest absolute Gasteiger partial charge is 0.0706 e. The van der Waals surface area contributed by atoms with Crippen molar-refractivity contribution in [1.82, 2.24) is 0 Å². The summed E-state index contributed by atoms with van der Waals surface area (Å²) in [7, 11) is 0. The number of aliphatic hydroxyl groups excluding tert-OH is 1. The van der Waals surface area contributed by atoms with E-state index < -0.39 is 0 Å². The summed E-state index contributed by atoms with van der Waals surface area (Å²) in [6.45, 7) is 10.7. The Morgan fingerprint density at radius 1 is 1.31 bits per heavy atom. The highest BCUT2D eigenvalue weighted by Crippen LogP contribution is 2.55. The molecule has 3 N–H and O–H groups in total. The van der Waals surface area contributed by atoms with Crippen molar-refractivity contribution in [2.75, 3.05) is 6.61 Å². The van der Waals surface area contributed by atoms with E-state index in [4.69, 9.17) is 10.5 Å². The van der Waals surface area contributed by atoms with E-state index in [-0.39, 0.29) is 29.3 Å². The number of nitrogens with two attached hydrogens (primary N) is 1. The highest BCUT2D eigenvalue weighted by Gasteiger charge is 2.58. The zero-order chi connectivity index (χ0) is 12.6. The maximum atomic E-state index is 9.33. The Hall–Kier alpha value is -0.120. The van der Waals surface area contributed by atoms with Crippen LogP contribution in [0.4, 0.5) is 0 Å². The van der Waals surface area contributed by atoms with Crippen molar-refractivity contribution in [2.24, 2.45) is 11.1 Å². The van der Waals surface area contributed by atoms with Gasteiger partial charge < -0.3 is 15.6 Å². The van der Waals surface area contributed by atoms with Crippen LogP contribution in [0, 0.1) is 5.41 Å². The van der Waals surface area contributed by atoms with Gasteiger partial charge in [-0.15, -0.1) is 0 Å². The standard InChI is InChI=1S/C13H27NO2/c1-6-10(14)13(7-8-15)9-11(2,3)16-12(13,4)5/h10,15H,6-9,14H2,1-5H3. The van der Waals surface area contributed by atoms with Crippen LogP contribution in [0.2, 0.25) is 0 Å². The van der Waals surface area contributed by atoms with Crippen LogP contribution in [0.1, 0.15) is 53.9 Å². The first-order valence-electron chi connectivity index (χ1n) is 6.27. The highest BCUT2D eigenvalue weighted by atomic mass is 16.5. The van der Waals surface area contributed by atoms with Gasteiger partial charge in [0.1, 0.15) is 0 Å². The molecule has 0 bridgehead atoms. The second-order valence-electron chi connectivity index (χ2n) is 6.19. The molecule has 3 heteroatoms. The van der Waals surface area contributed by atoms with Crippen LogP contribution in [0.25, 0.3) is 0 Å². The Balaban J connectivity index is 3.09. The molecule has 1 aliphatic rings. The van der Waals surface area contributed by atoms with Gasteiger partial charge in [-0.2, -0.15) is 0 Å². The Morgan fingerprint density at radius 3 is 2.19 bits per heavy atom. The summed E-state index contributed by atoms with van der Waals surface area (Å²) in [6.07, 6.45) is 2.56. The molecule has 0 aromatic heterocycles. The molecule has 1 heterocycles. The van der Waals surface area contributed by atoms with Crippen LogP contribution in [0.5, 0.6) is 0 Å². The SMILES string of the molecule is CCC(N)C1(CCO)CC(C)(C)OC1(C)C. The van der Waals surface area contributed by atoms with E-state index in [9.17, 15) is 5.11 Å². The van der Waals surface area contributed by atoms with Gasteiger partial charge in [0.15, 0.2) is 0 Å². The molecule has 2 atom stereocenters. The number of hydrogen-bond acceptors (Lipinski definition) is 3. The number of ether oxygens (including phenoxy) is 1. The largest absolute Gasteiger partial charge is 0.396 e. The maximum Gasteiger partial charge on any atom is 0.0706 e. The fraction of sp³-hybridized carbons (Fsp3) is 1.00. The molecule has 0 aliphatic carbocycles. The first kappa shape index (κ1) is 13.9. The van der Waals surface area contributed by atoms with Crippen molar-refractivity contribution in [3.8, 4) is 0 Å². The lowest BCUT2D eigenvalue weighted by Gasteiger charge is -2.44. The van der Waals surface area contributed by atoms with Crippen LogP contribution >= 0.6 is 0 Å². The molecule has 2 unspecified atom stereocenters. The average Bonchev–Trinajstić information content (AvgIpc) is 2.31. The molecule has 0 spiro atoms. The van der Waals surface area contributed by atoms with E-state index in [1.54, 1.807) is 0 Å². The van der Waals surface area contributed by atoms with E-state index >= 15 is 0 Å². The second-order valence-corrected chi connectivity index (χ2v) is 6.19. The molecule has 0 radical (unpaired) electrons. The lowest BCUT2D eigenvalue weighted by atomic mass is 9.64. The Kier molecular flexibility index (Phi) is 3.73. The molecule has 16 heavy (non-hydrogen) atoms. The van der Waals surface area contributed by atoms with Gasteiger partial charge in [-0.05, 0) is 47.0 Å². The van der Waals surface area contributed by atoms with Crippen molar-refractivity contribution < 1.29 is 9.84 Å². The summed E-state index contributed by atoms with van der Waals surface area (Å²) in [4.78, 5) is 0. The number of aliphatic hydroxyl groups is 1. The first-order valence-corrected chi connectivity index (χ1v) is 6.27. The first-order chi connectivity index (χ1) is 7.21. The van der Waals surface area contributed by atoms with Crippen LogP contribution in [0.3, 0.4) is 0 Å². The van der Waals surface area contributed by atoms with Crippen molar-refractivity contribution >= 4 is 0 Å². The summed E-state index contributed by atoms with van der Waals surface area (Å²) in [5.41, 5.74) is 5.78. The Morgan fingerprint density at radius 2 is 1.88 bits per heavy atom. The average molecular weight is 229 g/mol. The molecule has 3 nitrogen and oxygen atoms in total. The monoisotopic (exact) mass is 229 g/mol. The number of hydrogen-bond donors (Lipinski definition) is 2. The summed E-state index contributed by atoms with van der Waals surface area (Å²) in [6, 6.07) is 0.0800. The predicted octanol–water partition coefficient (Wildman–Crippen LogP) is 2.07. The Labute approximate surface area is 99.4 Å². The zero-order valence-corrected chi connectivity index (χ0v) is 11.3. The minimum Gasteiger partial charge on any atom is -0.396 e. The predicted molar refractivity (Wildman–Crippen MR) is 66.3 cm³/mol. The molecular formula is C13H27NO2. The van der Waals surface area contributed by atoms with E-state index in [0.29, 0.717) is 0 Å². The van der Waals surface area contributed by atoms with Crippen molar-refractivity contribution in [3.05, 3.63) is 0 Å². The van der Waals surface area contributed by atoms with E-state index in [1.165, 1.54) is 0 Å². The molecule has 96 valence electrons. The molecule has 1 aliphatic heterocycles. The zero-order valence-electron chi connectivity index (χ0n) is 11.3. The lowest BCUT2D eigenvalue weighted by Crippen LogP contribution is -2.52. The van der Waals surface area contributed by atoms with Gasteiger partial charge in [0.2, 0.25) is 0 Å². The van der Waals surface area contributed by atoms with E-state index in [1.807, 2.05) is 0 Å². The minimum absolute atomic E-state index is 0.0800. The van der Waals surface area contributed by atoms with Gasteiger partial charge >= 0.3 is 0 Å². The molecule has 0 saturated carbocycles. The summed E-state index contributed by atoms with van der Waals surface area (Å²) < 4.78 is 6.14. The van der Waals surface area contributed by atoms with Gasteiger partial charge in [0.05, 0.1) is 11.2 Å². The van der Waals surface area contributed by atoms with Crippen molar-refractivity contribution in [3.63, 3.8) is 0 Å². The third-order valence-electron chi connectivity index (χ3n) is 4.18. The lowest BCUT2D eigenvalue weighted by molar-refractivity contribution is -0.103. The van der Waals surface area contributed by atoms with Gasteiger partial charge in [0, 0.05) is 18.1 Å². The van der Waals surface area contributed by atoms with Crippen LogP contribution in [-0.2, 0) is 4.74 Å². The van der Waals surface area contributed by atoms with Crippen molar-refractivity contribution in [2.45, 2.75) is 71.1 Å². The topological polar surface area (TPSA) is 55.5 Å². The number of rotatable bonds is 4. The van der Waals surface area contributed by atoms with Gasteiger partial charge in [-0.3, -0.25) is 0 Å². The van der Waals surface area contributed by atoms with Crippen LogP contribution in [0.15, 0.2) is 0 Å². The molecular weight excluding hydrogens is 202 g/mol. The molecule has 1 saturated heterocycles. The summed E-state index contributed by atoms with van der Waals surface area (Å²) in [5, 5.41) is 9.33. The maximum absolute atomic E-state index is 9.33. The second kappa shape index (κ2) is 4.28. The molecule has 0 amide bonds. The summed E-state index contributed by atoms with van der Waals surface area (Å²) in [5.74, 6) is 0. The Bertz CT molecular complexity index is 250. The molecule has 1 fully saturated rings.